The molecule has 1 aromatic heterocycles. The lowest BCUT2D eigenvalue weighted by atomic mass is 9.95. The number of likely N-dealkylation sites (tertiary alicyclic amines) is 1. The highest BCUT2D eigenvalue weighted by atomic mass is 16.5. The molecule has 1 aliphatic rings. The molecule has 6 nitrogen and oxygen atoms in total. The number of carbonyl (C=O) groups is 2. The molecule has 0 unspecified atom stereocenters. The molecule has 6 heteroatoms. The van der Waals surface area contributed by atoms with Gasteiger partial charge in [-0.05, 0) is 43.5 Å². The number of amides is 1. The maximum Gasteiger partial charge on any atom is 0.309 e. The van der Waals surface area contributed by atoms with Crippen molar-refractivity contribution in [3.8, 4) is 0 Å². The Hall–Kier alpha value is -3.15. The Morgan fingerprint density at radius 3 is 2.55 bits per heavy atom. The van der Waals surface area contributed by atoms with Crippen molar-refractivity contribution >= 4 is 22.6 Å². The van der Waals surface area contributed by atoms with E-state index in [1.807, 2.05) is 54.3 Å². The second kappa shape index (κ2) is 8.07. The molecule has 1 aliphatic heterocycles. The summed E-state index contributed by atoms with van der Waals surface area (Å²) in [5.74, 6) is 0.282. The molecule has 0 radical (unpaired) electrons. The molecule has 1 fully saturated rings. The van der Waals surface area contributed by atoms with Crippen LogP contribution in [0.25, 0.3) is 10.8 Å². The second-order valence-electron chi connectivity index (χ2n) is 7.50. The predicted octanol–water partition coefficient (Wildman–Crippen LogP) is 4.04. The standard InChI is InChI=1S/C23H24N2O4/c1-15-21(16(2)29-24-15)14-28-23(27)18-10-12-25(13-11-18)22(26)20-9-5-7-17-6-3-4-8-19(17)20/h3-9,18H,10-14H2,1-2H3. The summed E-state index contributed by atoms with van der Waals surface area (Å²) in [7, 11) is 0. The van der Waals surface area contributed by atoms with Crippen molar-refractivity contribution in [2.24, 2.45) is 5.92 Å². The quantitative estimate of drug-likeness (QED) is 0.627. The number of aryl methyl sites for hydroxylation is 2. The highest BCUT2D eigenvalue weighted by Gasteiger charge is 2.29. The number of hydrogen-bond acceptors (Lipinski definition) is 5. The predicted molar refractivity (Wildman–Crippen MR) is 108 cm³/mol. The first-order chi connectivity index (χ1) is 14.0. The number of hydrogen-bond donors (Lipinski definition) is 0. The normalized spacial score (nSPS) is 14.9. The van der Waals surface area contributed by atoms with Crippen molar-refractivity contribution in [2.45, 2.75) is 33.3 Å². The van der Waals surface area contributed by atoms with E-state index in [2.05, 4.69) is 5.16 Å². The molecule has 0 aliphatic carbocycles. The van der Waals surface area contributed by atoms with Gasteiger partial charge >= 0.3 is 5.97 Å². The van der Waals surface area contributed by atoms with E-state index < -0.39 is 0 Å². The summed E-state index contributed by atoms with van der Waals surface area (Å²) in [5, 5.41) is 5.89. The van der Waals surface area contributed by atoms with E-state index in [1.165, 1.54) is 0 Å². The first kappa shape index (κ1) is 19.2. The fourth-order valence-electron chi connectivity index (χ4n) is 3.87. The smallest absolute Gasteiger partial charge is 0.309 e. The molecule has 2 aromatic carbocycles. The summed E-state index contributed by atoms with van der Waals surface area (Å²) < 4.78 is 10.6. The van der Waals surface area contributed by atoms with E-state index in [0.717, 1.165) is 22.0 Å². The van der Waals surface area contributed by atoms with Crippen molar-refractivity contribution in [3.63, 3.8) is 0 Å². The summed E-state index contributed by atoms with van der Waals surface area (Å²) in [6.45, 7) is 4.91. The van der Waals surface area contributed by atoms with Crippen molar-refractivity contribution < 1.29 is 18.8 Å². The molecule has 150 valence electrons. The zero-order chi connectivity index (χ0) is 20.4. The summed E-state index contributed by atoms with van der Waals surface area (Å²) >= 11 is 0. The van der Waals surface area contributed by atoms with Gasteiger partial charge in [0.1, 0.15) is 12.4 Å². The zero-order valence-electron chi connectivity index (χ0n) is 16.7. The average Bonchev–Trinajstić information content (AvgIpc) is 3.08. The minimum atomic E-state index is -0.220. The van der Waals surface area contributed by atoms with Gasteiger partial charge in [-0.1, -0.05) is 41.6 Å². The second-order valence-corrected chi connectivity index (χ2v) is 7.50. The van der Waals surface area contributed by atoms with Crippen LogP contribution in [0.4, 0.5) is 0 Å². The van der Waals surface area contributed by atoms with Crippen LogP contribution in [0, 0.1) is 19.8 Å². The lowest BCUT2D eigenvalue weighted by Gasteiger charge is -2.31. The third-order valence-corrected chi connectivity index (χ3v) is 5.68. The molecule has 0 N–H and O–H groups in total. The van der Waals surface area contributed by atoms with Gasteiger partial charge in [0, 0.05) is 18.7 Å². The van der Waals surface area contributed by atoms with Gasteiger partial charge in [-0.25, -0.2) is 0 Å². The lowest BCUT2D eigenvalue weighted by molar-refractivity contribution is -0.151. The minimum absolute atomic E-state index is 0.0179. The summed E-state index contributed by atoms with van der Waals surface area (Å²) in [6, 6.07) is 13.7. The molecule has 0 saturated carbocycles. The fourth-order valence-corrected chi connectivity index (χ4v) is 3.87. The molecule has 0 spiro atoms. The van der Waals surface area contributed by atoms with E-state index >= 15 is 0 Å². The number of benzene rings is 2. The Morgan fingerprint density at radius 1 is 1.10 bits per heavy atom. The molecule has 1 amide bonds. The van der Waals surface area contributed by atoms with Gasteiger partial charge in [0.05, 0.1) is 17.2 Å². The Kier molecular flexibility index (Phi) is 5.34. The third kappa shape index (κ3) is 3.88. The average molecular weight is 392 g/mol. The van der Waals surface area contributed by atoms with Crippen LogP contribution >= 0.6 is 0 Å². The van der Waals surface area contributed by atoms with E-state index in [9.17, 15) is 9.59 Å². The van der Waals surface area contributed by atoms with Crippen LogP contribution in [0.1, 0.15) is 40.2 Å². The van der Waals surface area contributed by atoms with E-state index in [0.29, 0.717) is 37.3 Å². The molecule has 0 atom stereocenters. The summed E-state index contributed by atoms with van der Waals surface area (Å²) in [6.07, 6.45) is 1.22. The van der Waals surface area contributed by atoms with Gasteiger partial charge in [0.2, 0.25) is 0 Å². The van der Waals surface area contributed by atoms with Gasteiger partial charge in [-0.3, -0.25) is 9.59 Å². The van der Waals surface area contributed by atoms with Gasteiger partial charge < -0.3 is 14.2 Å². The van der Waals surface area contributed by atoms with Gasteiger partial charge in [0.15, 0.2) is 0 Å². The highest BCUT2D eigenvalue weighted by Crippen LogP contribution is 2.25. The largest absolute Gasteiger partial charge is 0.460 e. The van der Waals surface area contributed by atoms with Crippen molar-refractivity contribution in [1.29, 1.82) is 0 Å². The van der Waals surface area contributed by atoms with Crippen LogP contribution in [-0.2, 0) is 16.1 Å². The molecule has 0 bridgehead atoms. The number of aromatic nitrogens is 1. The van der Waals surface area contributed by atoms with Crippen LogP contribution in [0.5, 0.6) is 0 Å². The van der Waals surface area contributed by atoms with Gasteiger partial charge in [0.25, 0.3) is 5.91 Å². The highest BCUT2D eigenvalue weighted by molar-refractivity contribution is 6.07. The van der Waals surface area contributed by atoms with Crippen LogP contribution in [0.3, 0.4) is 0 Å². The minimum Gasteiger partial charge on any atom is -0.460 e. The van der Waals surface area contributed by atoms with Crippen LogP contribution in [0.2, 0.25) is 0 Å². The monoisotopic (exact) mass is 392 g/mol. The molecule has 4 rings (SSSR count). The van der Waals surface area contributed by atoms with Crippen molar-refractivity contribution in [1.82, 2.24) is 10.1 Å². The zero-order valence-corrected chi connectivity index (χ0v) is 16.7. The number of fused-ring (bicyclic) bond motifs is 1. The van der Waals surface area contributed by atoms with Crippen LogP contribution in [0.15, 0.2) is 47.0 Å². The Balaban J connectivity index is 1.36. The molecule has 29 heavy (non-hydrogen) atoms. The van der Waals surface area contributed by atoms with Crippen molar-refractivity contribution in [3.05, 3.63) is 65.0 Å². The summed E-state index contributed by atoms with van der Waals surface area (Å²) in [4.78, 5) is 27.3. The lowest BCUT2D eigenvalue weighted by Crippen LogP contribution is -2.40. The SMILES string of the molecule is Cc1noc(C)c1COC(=O)C1CCN(C(=O)c2cccc3ccccc23)CC1. The number of rotatable bonds is 4. The van der Waals surface area contributed by atoms with Crippen molar-refractivity contribution in [2.75, 3.05) is 13.1 Å². The van der Waals surface area contributed by atoms with Gasteiger partial charge in [-0.15, -0.1) is 0 Å². The fraction of sp³-hybridized carbons (Fsp3) is 0.348. The Bertz CT molecular complexity index is 1020. The van der Waals surface area contributed by atoms with Crippen LogP contribution < -0.4 is 0 Å². The number of esters is 1. The number of piperidine rings is 1. The number of carbonyl (C=O) groups excluding carboxylic acids is 2. The molecule has 3 aromatic rings. The maximum atomic E-state index is 13.0. The summed E-state index contributed by atoms with van der Waals surface area (Å²) in [5.41, 5.74) is 2.27. The van der Waals surface area contributed by atoms with E-state index in [-0.39, 0.29) is 24.4 Å². The Labute approximate surface area is 169 Å². The molecular weight excluding hydrogens is 368 g/mol. The van der Waals surface area contributed by atoms with Crippen LogP contribution in [-0.4, -0.2) is 35.0 Å². The molecule has 1 saturated heterocycles. The number of ether oxygens (including phenoxy) is 1. The van der Waals surface area contributed by atoms with Gasteiger partial charge in [-0.2, -0.15) is 0 Å². The maximum absolute atomic E-state index is 13.0. The first-order valence-corrected chi connectivity index (χ1v) is 9.90. The molecular formula is C23H24N2O4. The first-order valence-electron chi connectivity index (χ1n) is 9.90. The topological polar surface area (TPSA) is 72.6 Å². The Morgan fingerprint density at radius 2 is 1.83 bits per heavy atom. The number of nitrogens with zero attached hydrogens (tertiary/aromatic N) is 2. The van der Waals surface area contributed by atoms with E-state index in [1.54, 1.807) is 6.92 Å². The third-order valence-electron chi connectivity index (χ3n) is 5.68. The van der Waals surface area contributed by atoms with E-state index in [4.69, 9.17) is 9.26 Å². The molecule has 2 heterocycles.